The van der Waals surface area contributed by atoms with Gasteiger partial charge in [-0.05, 0) is 56.5 Å². The van der Waals surface area contributed by atoms with Gasteiger partial charge >= 0.3 is 0 Å². The van der Waals surface area contributed by atoms with Crippen molar-refractivity contribution < 1.29 is 9.26 Å². The van der Waals surface area contributed by atoms with Gasteiger partial charge in [-0.3, -0.25) is 4.90 Å². The summed E-state index contributed by atoms with van der Waals surface area (Å²) in [5.74, 6) is 2.31. The molecule has 7 nitrogen and oxygen atoms in total. The SMILES string of the molecule is c1ccc(CCCN2CCCC2c2nc(-c3ccc(N4CCOCC4)nc3)no2)cc1. The largest absolute Gasteiger partial charge is 0.378 e. The van der Waals surface area contributed by atoms with Gasteiger partial charge in [-0.15, -0.1) is 0 Å². The number of morpholine rings is 1. The van der Waals surface area contributed by atoms with Crippen molar-refractivity contribution in [2.75, 3.05) is 44.3 Å². The van der Waals surface area contributed by atoms with Crippen LogP contribution in [0.1, 0.15) is 36.8 Å². The van der Waals surface area contributed by atoms with E-state index in [0.29, 0.717) is 5.82 Å². The molecule has 2 fully saturated rings. The van der Waals surface area contributed by atoms with Crippen molar-refractivity contribution in [3.63, 3.8) is 0 Å². The lowest BCUT2D eigenvalue weighted by Crippen LogP contribution is -2.36. The Morgan fingerprint density at radius 1 is 1.00 bits per heavy atom. The molecule has 2 aliphatic rings. The summed E-state index contributed by atoms with van der Waals surface area (Å²) >= 11 is 0. The molecule has 2 aliphatic heterocycles. The topological polar surface area (TPSA) is 67.5 Å². The van der Waals surface area contributed by atoms with Crippen LogP contribution in [-0.4, -0.2) is 59.4 Å². The predicted molar refractivity (Wildman–Crippen MR) is 119 cm³/mol. The predicted octanol–water partition coefficient (Wildman–Crippen LogP) is 3.74. The minimum atomic E-state index is 0.220. The molecular weight excluding hydrogens is 390 g/mol. The number of hydrogen-bond acceptors (Lipinski definition) is 7. The Balaban J connectivity index is 1.21. The molecule has 1 aromatic carbocycles. The van der Waals surface area contributed by atoms with Gasteiger partial charge in [0.2, 0.25) is 11.7 Å². The molecule has 0 bridgehead atoms. The van der Waals surface area contributed by atoms with Crippen LogP contribution in [0.5, 0.6) is 0 Å². The molecule has 0 spiro atoms. The summed E-state index contributed by atoms with van der Waals surface area (Å²) in [5.41, 5.74) is 2.28. The van der Waals surface area contributed by atoms with E-state index in [1.807, 2.05) is 18.3 Å². The van der Waals surface area contributed by atoms with Crippen LogP contribution in [0.3, 0.4) is 0 Å². The number of rotatable bonds is 7. The van der Waals surface area contributed by atoms with E-state index in [1.165, 1.54) is 12.0 Å². The molecule has 5 rings (SSSR count). The molecule has 3 aromatic rings. The molecule has 0 amide bonds. The van der Waals surface area contributed by atoms with Crippen LogP contribution in [-0.2, 0) is 11.2 Å². The highest BCUT2D eigenvalue weighted by Crippen LogP contribution is 2.32. The Hall–Kier alpha value is -2.77. The van der Waals surface area contributed by atoms with E-state index in [0.717, 1.165) is 75.9 Å². The molecule has 1 atom stereocenters. The number of aromatic nitrogens is 3. The molecular formula is C24H29N5O2. The first kappa shape index (κ1) is 20.2. The van der Waals surface area contributed by atoms with E-state index >= 15 is 0 Å². The Morgan fingerprint density at radius 2 is 1.87 bits per heavy atom. The number of aryl methyl sites for hydroxylation is 1. The second-order valence-corrected chi connectivity index (χ2v) is 8.24. The Morgan fingerprint density at radius 3 is 2.68 bits per heavy atom. The number of hydrogen-bond donors (Lipinski definition) is 0. The number of ether oxygens (including phenoxy) is 1. The van der Waals surface area contributed by atoms with Crippen molar-refractivity contribution in [3.8, 4) is 11.4 Å². The van der Waals surface area contributed by atoms with Crippen molar-refractivity contribution in [2.24, 2.45) is 0 Å². The fourth-order valence-corrected chi connectivity index (χ4v) is 4.49. The van der Waals surface area contributed by atoms with Crippen molar-refractivity contribution in [1.29, 1.82) is 0 Å². The summed E-state index contributed by atoms with van der Waals surface area (Å²) < 4.78 is 11.1. The van der Waals surface area contributed by atoms with E-state index in [-0.39, 0.29) is 6.04 Å². The lowest BCUT2D eigenvalue weighted by atomic mass is 10.1. The maximum absolute atomic E-state index is 5.69. The van der Waals surface area contributed by atoms with E-state index in [9.17, 15) is 0 Å². The highest BCUT2D eigenvalue weighted by Gasteiger charge is 2.30. The van der Waals surface area contributed by atoms with Crippen LogP contribution < -0.4 is 4.90 Å². The first-order chi connectivity index (χ1) is 15.4. The summed E-state index contributed by atoms with van der Waals surface area (Å²) in [6.07, 6.45) is 6.31. The molecule has 4 heterocycles. The van der Waals surface area contributed by atoms with E-state index in [2.05, 4.69) is 50.3 Å². The standard InChI is InChI=1S/C24H29N5O2/c1-2-6-19(7-3-1)8-4-12-28-13-5-9-21(28)24-26-23(27-31-24)20-10-11-22(25-18-20)29-14-16-30-17-15-29/h1-3,6-7,10-11,18,21H,4-5,8-9,12-17H2. The molecule has 31 heavy (non-hydrogen) atoms. The zero-order chi connectivity index (χ0) is 20.9. The molecule has 1 unspecified atom stereocenters. The van der Waals surface area contributed by atoms with Crippen molar-refractivity contribution in [1.82, 2.24) is 20.0 Å². The number of pyridine rings is 1. The van der Waals surface area contributed by atoms with Crippen LogP contribution >= 0.6 is 0 Å². The van der Waals surface area contributed by atoms with Gasteiger partial charge in [-0.2, -0.15) is 4.98 Å². The molecule has 0 saturated carbocycles. The highest BCUT2D eigenvalue weighted by atomic mass is 16.5. The van der Waals surface area contributed by atoms with Gasteiger partial charge in [-0.25, -0.2) is 4.98 Å². The van der Waals surface area contributed by atoms with Gasteiger partial charge in [0.25, 0.3) is 0 Å². The average molecular weight is 420 g/mol. The van der Waals surface area contributed by atoms with E-state index in [4.69, 9.17) is 14.2 Å². The van der Waals surface area contributed by atoms with Crippen molar-refractivity contribution in [2.45, 2.75) is 31.7 Å². The summed E-state index contributed by atoms with van der Waals surface area (Å²) in [4.78, 5) is 14.1. The van der Waals surface area contributed by atoms with Gasteiger partial charge in [0.1, 0.15) is 5.82 Å². The third-order valence-electron chi connectivity index (χ3n) is 6.19. The third-order valence-corrected chi connectivity index (χ3v) is 6.19. The molecule has 0 radical (unpaired) electrons. The minimum absolute atomic E-state index is 0.220. The molecule has 2 saturated heterocycles. The Bertz CT molecular complexity index is 954. The zero-order valence-corrected chi connectivity index (χ0v) is 17.8. The van der Waals surface area contributed by atoms with E-state index in [1.54, 1.807) is 0 Å². The maximum atomic E-state index is 5.69. The third kappa shape index (κ3) is 4.78. The molecule has 2 aromatic heterocycles. The lowest BCUT2D eigenvalue weighted by molar-refractivity contribution is 0.122. The first-order valence-corrected chi connectivity index (χ1v) is 11.3. The van der Waals surface area contributed by atoms with Gasteiger partial charge in [-0.1, -0.05) is 35.5 Å². The van der Waals surface area contributed by atoms with Crippen molar-refractivity contribution in [3.05, 3.63) is 60.1 Å². The maximum Gasteiger partial charge on any atom is 0.244 e. The Kier molecular flexibility index (Phi) is 6.22. The molecule has 7 heteroatoms. The minimum Gasteiger partial charge on any atom is -0.378 e. The molecule has 0 aliphatic carbocycles. The summed E-state index contributed by atoms with van der Waals surface area (Å²) in [6.45, 7) is 5.39. The molecule has 0 N–H and O–H groups in total. The second kappa shape index (κ2) is 9.58. The van der Waals surface area contributed by atoms with Gasteiger partial charge in [0, 0.05) is 24.8 Å². The second-order valence-electron chi connectivity index (χ2n) is 8.24. The average Bonchev–Trinajstić information content (AvgIpc) is 3.50. The number of likely N-dealkylation sites (tertiary alicyclic amines) is 1. The fraction of sp³-hybridized carbons (Fsp3) is 0.458. The summed E-state index contributed by atoms with van der Waals surface area (Å²) in [7, 11) is 0. The van der Waals surface area contributed by atoms with E-state index < -0.39 is 0 Å². The van der Waals surface area contributed by atoms with Crippen LogP contribution in [0.4, 0.5) is 5.82 Å². The van der Waals surface area contributed by atoms with Crippen LogP contribution in [0.15, 0.2) is 53.2 Å². The van der Waals surface area contributed by atoms with Crippen molar-refractivity contribution >= 4 is 5.82 Å². The summed E-state index contributed by atoms with van der Waals surface area (Å²) in [6, 6.07) is 15.0. The monoisotopic (exact) mass is 419 g/mol. The van der Waals surface area contributed by atoms with Crippen LogP contribution in [0, 0.1) is 0 Å². The smallest absolute Gasteiger partial charge is 0.244 e. The van der Waals surface area contributed by atoms with Gasteiger partial charge in [0.05, 0.1) is 19.3 Å². The quantitative estimate of drug-likeness (QED) is 0.578. The first-order valence-electron chi connectivity index (χ1n) is 11.3. The number of anilines is 1. The van der Waals surface area contributed by atoms with Gasteiger partial charge in [0.15, 0.2) is 0 Å². The molecule has 162 valence electrons. The number of nitrogens with zero attached hydrogens (tertiary/aromatic N) is 5. The zero-order valence-electron chi connectivity index (χ0n) is 17.8. The summed E-state index contributed by atoms with van der Waals surface area (Å²) in [5, 5.41) is 4.25. The van der Waals surface area contributed by atoms with Crippen LogP contribution in [0.25, 0.3) is 11.4 Å². The normalized spacial score (nSPS) is 19.7. The number of benzene rings is 1. The highest BCUT2D eigenvalue weighted by molar-refractivity contribution is 5.56. The fourth-order valence-electron chi connectivity index (χ4n) is 4.49. The Labute approximate surface area is 183 Å². The van der Waals surface area contributed by atoms with Crippen LogP contribution in [0.2, 0.25) is 0 Å². The van der Waals surface area contributed by atoms with Gasteiger partial charge < -0.3 is 14.2 Å². The lowest BCUT2D eigenvalue weighted by Gasteiger charge is -2.27.